The van der Waals surface area contributed by atoms with Gasteiger partial charge in [-0.15, -0.1) is 0 Å². The highest BCUT2D eigenvalue weighted by atomic mass is 35.5. The third-order valence-electron chi connectivity index (χ3n) is 9.71. The molecule has 0 bridgehead atoms. The van der Waals surface area contributed by atoms with Gasteiger partial charge in [0.25, 0.3) is 11.8 Å². The number of carbonyl (C=O) groups is 4. The Morgan fingerprint density at radius 2 is 1.54 bits per heavy atom. The number of anilines is 3. The van der Waals surface area contributed by atoms with Crippen LogP contribution in [-0.2, 0) is 30.1 Å². The normalized spacial score (nSPS) is 15.4. The highest BCUT2D eigenvalue weighted by Gasteiger charge is 2.46. The molecule has 0 spiro atoms. The molecule has 0 aliphatic heterocycles. The van der Waals surface area contributed by atoms with Gasteiger partial charge >= 0.3 is 18.2 Å². The zero-order valence-electron chi connectivity index (χ0n) is 30.2. The molecule has 4 N–H and O–H groups in total. The van der Waals surface area contributed by atoms with Gasteiger partial charge in [0.1, 0.15) is 6.04 Å². The van der Waals surface area contributed by atoms with Crippen LogP contribution in [0.1, 0.15) is 66.4 Å². The van der Waals surface area contributed by atoms with Gasteiger partial charge in [-0.1, -0.05) is 54.1 Å². The van der Waals surface area contributed by atoms with Gasteiger partial charge in [0.2, 0.25) is 17.7 Å². The number of nitrogens with zero attached hydrogens (tertiary/aromatic N) is 3. The van der Waals surface area contributed by atoms with Crippen LogP contribution in [0, 0.1) is 0 Å². The van der Waals surface area contributed by atoms with E-state index in [0.29, 0.717) is 30.0 Å². The van der Waals surface area contributed by atoms with E-state index in [1.807, 2.05) is 42.5 Å². The molecule has 2 aliphatic carbocycles. The van der Waals surface area contributed by atoms with Crippen LogP contribution >= 0.6 is 11.6 Å². The molecular weight excluding hydrogens is 755 g/mol. The highest BCUT2D eigenvalue weighted by molar-refractivity contribution is 6.36. The molecule has 1 heterocycles. The minimum atomic E-state index is -4.63. The number of halogens is 4. The topological polar surface area (TPSA) is 174 Å². The molecule has 13 nitrogen and oxygen atoms in total. The molecule has 1 aromatic heterocycles. The molecule has 0 unspecified atom stereocenters. The predicted octanol–water partition coefficient (Wildman–Crippen LogP) is 6.17. The van der Waals surface area contributed by atoms with Crippen molar-refractivity contribution in [3.8, 4) is 6.01 Å². The van der Waals surface area contributed by atoms with Gasteiger partial charge in [0, 0.05) is 29.2 Å². The summed E-state index contributed by atoms with van der Waals surface area (Å²) < 4.78 is 48.6. The lowest BCUT2D eigenvalue weighted by Gasteiger charge is -2.19. The zero-order valence-corrected chi connectivity index (χ0v) is 31.0. The molecule has 0 radical (unpaired) electrons. The van der Waals surface area contributed by atoms with Gasteiger partial charge in [-0.05, 0) is 91.5 Å². The number of aromatic nitrogens is 3. The molecule has 17 heteroatoms. The Bertz CT molecular complexity index is 2050. The van der Waals surface area contributed by atoms with Crippen molar-refractivity contribution >= 4 is 52.8 Å². The van der Waals surface area contributed by atoms with Crippen molar-refractivity contribution in [1.82, 2.24) is 25.6 Å². The fourth-order valence-electron chi connectivity index (χ4n) is 6.26. The van der Waals surface area contributed by atoms with Crippen molar-refractivity contribution < 1.29 is 41.8 Å². The molecule has 2 amide bonds. The number of rotatable bonds is 18. The second kappa shape index (κ2) is 16.9. The maximum Gasteiger partial charge on any atom is 0.422 e. The Kier molecular flexibility index (Phi) is 12.1. The molecule has 2 aliphatic rings. The van der Waals surface area contributed by atoms with Gasteiger partial charge in [-0.3, -0.25) is 14.4 Å². The summed E-state index contributed by atoms with van der Waals surface area (Å²) in [6.07, 6.45) is -0.672. The Labute approximate surface area is 325 Å². The van der Waals surface area contributed by atoms with Crippen molar-refractivity contribution in [3.63, 3.8) is 0 Å². The minimum absolute atomic E-state index is 0.0211. The summed E-state index contributed by atoms with van der Waals surface area (Å²) in [6, 6.07) is 21.2. The third kappa shape index (κ3) is 10.5. The fourth-order valence-corrected chi connectivity index (χ4v) is 6.39. The number of ether oxygens (including phenoxy) is 2. The van der Waals surface area contributed by atoms with Crippen molar-refractivity contribution in [2.45, 2.75) is 68.1 Å². The molecule has 3 aromatic carbocycles. The van der Waals surface area contributed by atoms with E-state index in [1.54, 1.807) is 12.1 Å². The second-order valence-electron chi connectivity index (χ2n) is 13.7. The number of hydrogen-bond donors (Lipinski definition) is 4. The minimum Gasteiger partial charge on any atom is -0.467 e. The standard InChI is InChI=1S/C39H39ClF3N7O6/c1-55-33(54)29(16-22-44-32(53)30(51)15-17-37(18-19-37)25-5-3-2-4-6-25)46-31(52)24-7-13-28(14-8-24)45-34-47-35(49-36(48-34)56-23-39(41,42)43)50-38(20-21-38)26-9-11-27(40)12-10-26/h2-14,29H,15-23H2,1H3,(H,44,53)(H,46,52)(H2,45,47,48,49,50)/t29-/m1/s1. The fraction of sp³-hybridized carbons (Fsp3) is 0.359. The number of methoxy groups -OCH3 is 1. The summed E-state index contributed by atoms with van der Waals surface area (Å²) in [7, 11) is 1.16. The molecular formula is C39H39ClF3N7O6. The van der Waals surface area contributed by atoms with Crippen molar-refractivity contribution in [2.75, 3.05) is 30.9 Å². The second-order valence-corrected chi connectivity index (χ2v) is 14.2. The number of amides is 2. The lowest BCUT2D eigenvalue weighted by molar-refractivity contribution is -0.154. The Morgan fingerprint density at radius 3 is 2.16 bits per heavy atom. The van der Waals surface area contributed by atoms with E-state index in [1.165, 1.54) is 24.3 Å². The van der Waals surface area contributed by atoms with Crippen LogP contribution < -0.4 is 26.0 Å². The summed E-state index contributed by atoms with van der Waals surface area (Å²) >= 11 is 6.04. The predicted molar refractivity (Wildman–Crippen MR) is 200 cm³/mol. The number of Topliss-reactive ketones (excluding diaryl/α,β-unsaturated/α-hetero) is 1. The zero-order chi connectivity index (χ0) is 39.9. The number of carbonyl (C=O) groups excluding carboxylic acids is 4. The average molecular weight is 794 g/mol. The average Bonchev–Trinajstić information content (AvgIpc) is 4.13. The van der Waals surface area contributed by atoms with E-state index in [0.717, 1.165) is 31.1 Å². The molecule has 0 saturated heterocycles. The first-order valence-corrected chi connectivity index (χ1v) is 18.3. The quantitative estimate of drug-likeness (QED) is 0.0671. The van der Waals surface area contributed by atoms with Crippen LogP contribution in [0.4, 0.5) is 30.8 Å². The number of ketones is 1. The van der Waals surface area contributed by atoms with Crippen LogP contribution in [0.5, 0.6) is 6.01 Å². The van der Waals surface area contributed by atoms with E-state index >= 15 is 0 Å². The number of benzene rings is 3. The summed E-state index contributed by atoms with van der Waals surface area (Å²) in [5.41, 5.74) is 1.96. The van der Waals surface area contributed by atoms with Crippen LogP contribution in [-0.4, -0.2) is 71.0 Å². The third-order valence-corrected chi connectivity index (χ3v) is 9.97. The van der Waals surface area contributed by atoms with E-state index in [4.69, 9.17) is 21.1 Å². The van der Waals surface area contributed by atoms with Gasteiger partial charge in [0.05, 0.1) is 12.6 Å². The van der Waals surface area contributed by atoms with Crippen LogP contribution in [0.15, 0.2) is 78.9 Å². The van der Waals surface area contributed by atoms with Gasteiger partial charge < -0.3 is 30.7 Å². The molecule has 2 fully saturated rings. The summed E-state index contributed by atoms with van der Waals surface area (Å²) in [5.74, 6) is -2.84. The lowest BCUT2D eigenvalue weighted by atomic mass is 9.90. The summed E-state index contributed by atoms with van der Waals surface area (Å²) in [4.78, 5) is 63.2. The van der Waals surface area contributed by atoms with E-state index in [9.17, 15) is 32.3 Å². The van der Waals surface area contributed by atoms with Crippen LogP contribution in [0.25, 0.3) is 0 Å². The monoisotopic (exact) mass is 793 g/mol. The maximum absolute atomic E-state index is 13.1. The van der Waals surface area contributed by atoms with E-state index < -0.39 is 53.9 Å². The Hall–Kier alpha value is -5.77. The SMILES string of the molecule is COC(=O)[C@@H](CCNC(=O)C(=O)CCC1(c2ccccc2)CC1)NC(=O)c1ccc(Nc2nc(NC3(c4ccc(Cl)cc4)CC3)nc(OCC(F)(F)F)n2)cc1. The molecule has 294 valence electrons. The number of hydrogen-bond acceptors (Lipinski definition) is 11. The molecule has 4 aromatic rings. The maximum atomic E-state index is 13.1. The van der Waals surface area contributed by atoms with Crippen LogP contribution in [0.3, 0.4) is 0 Å². The van der Waals surface area contributed by atoms with Crippen molar-refractivity contribution in [2.24, 2.45) is 0 Å². The molecule has 56 heavy (non-hydrogen) atoms. The number of esters is 1. The first-order chi connectivity index (χ1) is 26.8. The van der Waals surface area contributed by atoms with E-state index in [-0.39, 0.29) is 42.3 Å². The smallest absolute Gasteiger partial charge is 0.422 e. The van der Waals surface area contributed by atoms with Gasteiger partial charge in [-0.2, -0.15) is 28.1 Å². The number of nitrogens with one attached hydrogen (secondary N) is 4. The lowest BCUT2D eigenvalue weighted by Crippen LogP contribution is -2.44. The van der Waals surface area contributed by atoms with Crippen molar-refractivity contribution in [1.29, 1.82) is 0 Å². The van der Waals surface area contributed by atoms with Crippen LogP contribution in [0.2, 0.25) is 5.02 Å². The largest absolute Gasteiger partial charge is 0.467 e. The number of alkyl halides is 3. The molecule has 2 saturated carbocycles. The van der Waals surface area contributed by atoms with Crippen molar-refractivity contribution in [3.05, 3.63) is 101 Å². The Morgan fingerprint density at radius 1 is 0.857 bits per heavy atom. The van der Waals surface area contributed by atoms with Gasteiger partial charge in [-0.25, -0.2) is 4.79 Å². The summed E-state index contributed by atoms with van der Waals surface area (Å²) in [5, 5.41) is 11.8. The first-order valence-electron chi connectivity index (χ1n) is 17.9. The van der Waals surface area contributed by atoms with Gasteiger partial charge in [0.15, 0.2) is 6.61 Å². The molecule has 6 rings (SSSR count). The summed E-state index contributed by atoms with van der Waals surface area (Å²) in [6.45, 7) is -1.69. The van der Waals surface area contributed by atoms with E-state index in [2.05, 4.69) is 36.2 Å². The molecule has 1 atom stereocenters. The highest BCUT2D eigenvalue weighted by Crippen LogP contribution is 2.51. The Balaban J connectivity index is 1.04. The first kappa shape index (κ1) is 39.9.